The van der Waals surface area contributed by atoms with Crippen LogP contribution in [0.5, 0.6) is 0 Å². The van der Waals surface area contributed by atoms with E-state index >= 15 is 0 Å². The van der Waals surface area contributed by atoms with Crippen molar-refractivity contribution in [2.24, 2.45) is 0 Å². The van der Waals surface area contributed by atoms with E-state index in [2.05, 4.69) is 32.5 Å². The number of anilines is 1. The molecule has 2 heterocycles. The van der Waals surface area contributed by atoms with Crippen LogP contribution in [0, 0.1) is 0 Å². The molecule has 4 nitrogen and oxygen atoms in total. The Kier molecular flexibility index (Phi) is 4.33. The molecule has 0 saturated carbocycles. The van der Waals surface area contributed by atoms with E-state index in [4.69, 9.17) is 5.73 Å². The minimum absolute atomic E-state index is 0.315. The van der Waals surface area contributed by atoms with Crippen molar-refractivity contribution in [3.63, 3.8) is 0 Å². The third kappa shape index (κ3) is 3.67. The maximum Gasteiger partial charge on any atom is 0.224 e. The van der Waals surface area contributed by atoms with E-state index in [1.807, 2.05) is 6.26 Å². The molecule has 2 aromatic rings. The molecule has 0 spiro atoms. The highest BCUT2D eigenvalue weighted by molar-refractivity contribution is 7.98. The van der Waals surface area contributed by atoms with Crippen LogP contribution in [0.15, 0.2) is 22.7 Å². The molecule has 17 heavy (non-hydrogen) atoms. The summed E-state index contributed by atoms with van der Waals surface area (Å²) in [5.74, 6) is 1.11. The summed E-state index contributed by atoms with van der Waals surface area (Å²) >= 11 is 3.28. The lowest BCUT2D eigenvalue weighted by atomic mass is 10.2. The molecule has 0 radical (unpaired) electrons. The SMILES string of the molecule is CSc1nc(N)nc(CCCc2cccs2)n1. The average molecular weight is 266 g/mol. The zero-order valence-electron chi connectivity index (χ0n) is 9.59. The molecule has 0 fully saturated rings. The van der Waals surface area contributed by atoms with Crippen molar-refractivity contribution in [3.8, 4) is 0 Å². The maximum atomic E-state index is 5.63. The van der Waals surface area contributed by atoms with Crippen LogP contribution in [0.4, 0.5) is 5.95 Å². The molecule has 0 bridgehead atoms. The minimum Gasteiger partial charge on any atom is -0.368 e. The van der Waals surface area contributed by atoms with Gasteiger partial charge in [-0.25, -0.2) is 4.98 Å². The quantitative estimate of drug-likeness (QED) is 0.842. The smallest absolute Gasteiger partial charge is 0.224 e. The molecule has 2 N–H and O–H groups in total. The van der Waals surface area contributed by atoms with Crippen molar-refractivity contribution >= 4 is 29.0 Å². The molecular weight excluding hydrogens is 252 g/mol. The Morgan fingerprint density at radius 1 is 1.29 bits per heavy atom. The van der Waals surface area contributed by atoms with Gasteiger partial charge >= 0.3 is 0 Å². The van der Waals surface area contributed by atoms with E-state index in [9.17, 15) is 0 Å². The van der Waals surface area contributed by atoms with Crippen LogP contribution >= 0.6 is 23.1 Å². The molecule has 0 saturated heterocycles. The van der Waals surface area contributed by atoms with Crippen molar-refractivity contribution in [2.75, 3.05) is 12.0 Å². The number of nitrogens with zero attached hydrogens (tertiary/aromatic N) is 3. The van der Waals surface area contributed by atoms with Gasteiger partial charge in [0, 0.05) is 11.3 Å². The van der Waals surface area contributed by atoms with Crippen LogP contribution in [-0.4, -0.2) is 21.2 Å². The fourth-order valence-electron chi connectivity index (χ4n) is 1.49. The number of rotatable bonds is 5. The summed E-state index contributed by atoms with van der Waals surface area (Å²) in [6.45, 7) is 0. The summed E-state index contributed by atoms with van der Waals surface area (Å²) in [4.78, 5) is 13.9. The molecule has 2 aromatic heterocycles. The van der Waals surface area contributed by atoms with Gasteiger partial charge in [-0.1, -0.05) is 17.8 Å². The number of nitrogens with two attached hydrogens (primary N) is 1. The van der Waals surface area contributed by atoms with Crippen molar-refractivity contribution in [2.45, 2.75) is 24.4 Å². The molecule has 0 atom stereocenters. The maximum absolute atomic E-state index is 5.63. The van der Waals surface area contributed by atoms with Gasteiger partial charge in [0.1, 0.15) is 5.82 Å². The number of hydrogen-bond donors (Lipinski definition) is 1. The van der Waals surface area contributed by atoms with Gasteiger partial charge in [0.05, 0.1) is 0 Å². The van der Waals surface area contributed by atoms with Crippen LogP contribution in [0.1, 0.15) is 17.1 Å². The second-order valence-corrected chi connectivity index (χ2v) is 5.34. The van der Waals surface area contributed by atoms with E-state index in [-0.39, 0.29) is 0 Å². The van der Waals surface area contributed by atoms with Crippen molar-refractivity contribution in [1.29, 1.82) is 0 Å². The summed E-state index contributed by atoms with van der Waals surface area (Å²) in [6, 6.07) is 4.23. The molecule has 0 aliphatic rings. The van der Waals surface area contributed by atoms with Crippen molar-refractivity contribution in [1.82, 2.24) is 15.0 Å². The molecule has 0 aromatic carbocycles. The van der Waals surface area contributed by atoms with E-state index in [0.717, 1.165) is 25.1 Å². The van der Waals surface area contributed by atoms with Crippen LogP contribution in [-0.2, 0) is 12.8 Å². The number of thioether (sulfide) groups is 1. The lowest BCUT2D eigenvalue weighted by molar-refractivity contribution is 0.742. The standard InChI is InChI=1S/C11H14N4S2/c1-16-11-14-9(13-10(12)15-11)6-2-4-8-5-3-7-17-8/h3,5,7H,2,4,6H2,1H3,(H2,12,13,14,15). The Bertz CT molecular complexity index is 470. The van der Waals surface area contributed by atoms with Gasteiger partial charge in [0.15, 0.2) is 5.16 Å². The fraction of sp³-hybridized carbons (Fsp3) is 0.364. The lowest BCUT2D eigenvalue weighted by Gasteiger charge is -2.02. The molecule has 2 rings (SSSR count). The highest BCUT2D eigenvalue weighted by Crippen LogP contribution is 2.14. The largest absolute Gasteiger partial charge is 0.368 e. The van der Waals surface area contributed by atoms with E-state index in [1.54, 1.807) is 11.3 Å². The first-order valence-corrected chi connectivity index (χ1v) is 7.45. The minimum atomic E-state index is 0.315. The van der Waals surface area contributed by atoms with Gasteiger partial charge < -0.3 is 5.73 Å². The number of hydrogen-bond acceptors (Lipinski definition) is 6. The Labute approximate surface area is 109 Å². The second kappa shape index (κ2) is 5.97. The first-order chi connectivity index (χ1) is 8.28. The van der Waals surface area contributed by atoms with Crippen LogP contribution in [0.25, 0.3) is 0 Å². The van der Waals surface area contributed by atoms with E-state index in [1.165, 1.54) is 16.6 Å². The molecular formula is C11H14N4S2. The van der Waals surface area contributed by atoms with Crippen LogP contribution in [0.3, 0.4) is 0 Å². The van der Waals surface area contributed by atoms with Crippen LogP contribution in [0.2, 0.25) is 0 Å². The summed E-state index contributed by atoms with van der Waals surface area (Å²) in [5.41, 5.74) is 5.63. The van der Waals surface area contributed by atoms with E-state index < -0.39 is 0 Å². The Morgan fingerprint density at radius 2 is 2.18 bits per heavy atom. The summed E-state index contributed by atoms with van der Waals surface area (Å²) in [6.07, 6.45) is 4.89. The van der Waals surface area contributed by atoms with Gasteiger partial charge in [-0.15, -0.1) is 11.3 Å². The van der Waals surface area contributed by atoms with Crippen LogP contribution < -0.4 is 5.73 Å². The molecule has 0 amide bonds. The molecule has 0 aliphatic carbocycles. The average Bonchev–Trinajstić information content (AvgIpc) is 2.81. The third-order valence-electron chi connectivity index (χ3n) is 2.26. The predicted molar refractivity (Wildman–Crippen MR) is 72.4 cm³/mol. The van der Waals surface area contributed by atoms with Gasteiger partial charge in [0.25, 0.3) is 0 Å². The Balaban J connectivity index is 1.92. The molecule has 0 unspecified atom stereocenters. The summed E-state index contributed by atoms with van der Waals surface area (Å²) in [5, 5.41) is 2.80. The monoisotopic (exact) mass is 266 g/mol. The topological polar surface area (TPSA) is 64.7 Å². The highest BCUT2D eigenvalue weighted by atomic mass is 32.2. The van der Waals surface area contributed by atoms with Crippen molar-refractivity contribution < 1.29 is 0 Å². The first kappa shape index (κ1) is 12.3. The number of aryl methyl sites for hydroxylation is 2. The lowest BCUT2D eigenvalue weighted by Crippen LogP contribution is -2.04. The zero-order chi connectivity index (χ0) is 12.1. The first-order valence-electron chi connectivity index (χ1n) is 5.34. The number of thiophene rings is 1. The molecule has 0 aliphatic heterocycles. The van der Waals surface area contributed by atoms with E-state index in [0.29, 0.717) is 11.1 Å². The Hall–Kier alpha value is -1.14. The normalized spacial score (nSPS) is 10.6. The molecule has 6 heteroatoms. The predicted octanol–water partition coefficient (Wildman–Crippen LogP) is 2.41. The number of nitrogen functional groups attached to an aromatic ring is 1. The fourth-order valence-corrected chi connectivity index (χ4v) is 2.63. The van der Waals surface area contributed by atoms with Gasteiger partial charge in [-0.3, -0.25) is 0 Å². The van der Waals surface area contributed by atoms with Crippen molar-refractivity contribution in [3.05, 3.63) is 28.2 Å². The van der Waals surface area contributed by atoms with Gasteiger partial charge in [0.2, 0.25) is 5.95 Å². The zero-order valence-corrected chi connectivity index (χ0v) is 11.2. The second-order valence-electron chi connectivity index (χ2n) is 3.53. The molecule has 90 valence electrons. The van der Waals surface area contributed by atoms with Gasteiger partial charge in [-0.2, -0.15) is 9.97 Å². The summed E-state index contributed by atoms with van der Waals surface area (Å²) < 4.78 is 0. The Morgan fingerprint density at radius 3 is 2.88 bits per heavy atom. The third-order valence-corrected chi connectivity index (χ3v) is 3.75. The van der Waals surface area contributed by atoms with Gasteiger partial charge in [-0.05, 0) is 30.5 Å². The summed E-state index contributed by atoms with van der Waals surface area (Å²) in [7, 11) is 0. The highest BCUT2D eigenvalue weighted by Gasteiger charge is 2.04. The number of aromatic nitrogens is 3.